The van der Waals surface area contributed by atoms with Crippen LogP contribution in [0.2, 0.25) is 0 Å². The van der Waals surface area contributed by atoms with Gasteiger partial charge in [-0.15, -0.1) is 0 Å². The highest BCUT2D eigenvalue weighted by Crippen LogP contribution is 2.22. The molecule has 0 bridgehead atoms. The van der Waals surface area contributed by atoms with Gasteiger partial charge < -0.3 is 15.0 Å². The Morgan fingerprint density at radius 1 is 1.14 bits per heavy atom. The molecule has 1 aliphatic rings. The van der Waals surface area contributed by atoms with Gasteiger partial charge in [0.25, 0.3) is 0 Å². The number of ether oxygens (including phenoxy) is 1. The topological polar surface area (TPSA) is 54.5 Å². The fourth-order valence-corrected chi connectivity index (χ4v) is 3.02. The summed E-state index contributed by atoms with van der Waals surface area (Å²) in [5.41, 5.74) is 3.40. The summed E-state index contributed by atoms with van der Waals surface area (Å²) in [5.74, 6) is 0.842. The van der Waals surface area contributed by atoms with Gasteiger partial charge in [0.05, 0.1) is 13.2 Å². The van der Waals surface area contributed by atoms with Crippen LogP contribution in [0.5, 0.6) is 0 Å². The Morgan fingerprint density at radius 3 is 2.46 bits per heavy atom. The number of nitrogens with zero attached hydrogens (tertiary/aromatic N) is 2. The molecule has 3 rings (SSSR count). The molecule has 1 fully saturated rings. The van der Waals surface area contributed by atoms with Gasteiger partial charge in [-0.2, -0.15) is 0 Å². The molecule has 1 aliphatic heterocycles. The molecule has 0 radical (unpaired) electrons. The van der Waals surface area contributed by atoms with E-state index in [1.165, 1.54) is 5.56 Å². The molecule has 1 N–H and O–H groups in total. The van der Waals surface area contributed by atoms with Crippen LogP contribution in [0.4, 0.5) is 5.82 Å². The van der Waals surface area contributed by atoms with E-state index in [2.05, 4.69) is 48.1 Å². The quantitative estimate of drug-likeness (QED) is 0.808. The fraction of sp³-hybridized carbons (Fsp3) is 0.391. The standard InChI is InChI=1S/C23H29N3O2/c1-23(2,3)20-8-4-18(5-9-20)7-11-22(27)25-17-19-6-10-21(24-16-19)26-12-14-28-15-13-26/h4-11,16H,12-15,17H2,1-3H3,(H,25,27)/b11-7+. The molecule has 1 saturated heterocycles. The minimum absolute atomic E-state index is 0.114. The highest BCUT2D eigenvalue weighted by molar-refractivity contribution is 5.91. The van der Waals surface area contributed by atoms with Crippen molar-refractivity contribution in [1.29, 1.82) is 0 Å². The number of pyridine rings is 1. The first kappa shape index (κ1) is 20.1. The van der Waals surface area contributed by atoms with Crippen molar-refractivity contribution >= 4 is 17.8 Å². The van der Waals surface area contributed by atoms with Crippen molar-refractivity contribution in [2.24, 2.45) is 0 Å². The summed E-state index contributed by atoms with van der Waals surface area (Å²) in [6, 6.07) is 12.3. The van der Waals surface area contributed by atoms with E-state index in [9.17, 15) is 4.79 Å². The van der Waals surface area contributed by atoms with Gasteiger partial charge in [0.2, 0.25) is 5.91 Å². The van der Waals surface area contributed by atoms with Gasteiger partial charge in [0.15, 0.2) is 0 Å². The second-order valence-electron chi connectivity index (χ2n) is 8.05. The molecule has 0 atom stereocenters. The Labute approximate surface area is 167 Å². The summed E-state index contributed by atoms with van der Waals surface area (Å²) in [7, 11) is 0. The van der Waals surface area contributed by atoms with Crippen molar-refractivity contribution in [2.75, 3.05) is 31.2 Å². The Balaban J connectivity index is 1.49. The van der Waals surface area contributed by atoms with Crippen molar-refractivity contribution < 1.29 is 9.53 Å². The summed E-state index contributed by atoms with van der Waals surface area (Å²) < 4.78 is 5.36. The van der Waals surface area contributed by atoms with Crippen LogP contribution in [0.25, 0.3) is 6.08 Å². The maximum Gasteiger partial charge on any atom is 0.244 e. The van der Waals surface area contributed by atoms with Crippen LogP contribution in [0.15, 0.2) is 48.7 Å². The third-order valence-electron chi connectivity index (χ3n) is 4.81. The fourth-order valence-electron chi connectivity index (χ4n) is 3.02. The third kappa shape index (κ3) is 5.67. The highest BCUT2D eigenvalue weighted by Gasteiger charge is 2.13. The number of benzene rings is 1. The first-order valence-corrected chi connectivity index (χ1v) is 9.76. The van der Waals surface area contributed by atoms with Crippen LogP contribution in [-0.2, 0) is 21.5 Å². The number of rotatable bonds is 5. The summed E-state index contributed by atoms with van der Waals surface area (Å²) in [6.07, 6.45) is 5.23. The van der Waals surface area contributed by atoms with E-state index in [1.54, 1.807) is 6.08 Å². The number of morpholine rings is 1. The lowest BCUT2D eigenvalue weighted by atomic mass is 9.87. The largest absolute Gasteiger partial charge is 0.378 e. The SMILES string of the molecule is CC(C)(C)c1ccc(/C=C/C(=O)NCc2ccc(N3CCOCC3)nc2)cc1. The molecular weight excluding hydrogens is 350 g/mol. The molecule has 0 saturated carbocycles. The summed E-state index contributed by atoms with van der Waals surface area (Å²) in [4.78, 5) is 18.8. The molecule has 0 unspecified atom stereocenters. The summed E-state index contributed by atoms with van der Waals surface area (Å²) >= 11 is 0. The van der Waals surface area contributed by atoms with E-state index in [4.69, 9.17) is 4.74 Å². The van der Waals surface area contributed by atoms with E-state index in [0.29, 0.717) is 6.54 Å². The number of hydrogen-bond acceptors (Lipinski definition) is 4. The van der Waals surface area contributed by atoms with Gasteiger partial charge in [-0.05, 0) is 34.2 Å². The van der Waals surface area contributed by atoms with Gasteiger partial charge in [-0.25, -0.2) is 4.98 Å². The van der Waals surface area contributed by atoms with E-state index in [0.717, 1.165) is 43.2 Å². The maximum absolute atomic E-state index is 12.1. The molecule has 28 heavy (non-hydrogen) atoms. The maximum atomic E-state index is 12.1. The van der Waals surface area contributed by atoms with Gasteiger partial charge >= 0.3 is 0 Å². The Hall–Kier alpha value is -2.66. The minimum Gasteiger partial charge on any atom is -0.378 e. The van der Waals surface area contributed by atoms with Gasteiger partial charge in [0.1, 0.15) is 5.82 Å². The van der Waals surface area contributed by atoms with E-state index < -0.39 is 0 Å². The number of nitrogens with one attached hydrogen (secondary N) is 1. The normalized spacial score (nSPS) is 15.0. The van der Waals surface area contributed by atoms with E-state index in [-0.39, 0.29) is 11.3 Å². The first-order chi connectivity index (χ1) is 13.4. The summed E-state index contributed by atoms with van der Waals surface area (Å²) in [5, 5.41) is 2.90. The number of amides is 1. The molecule has 2 heterocycles. The predicted octanol–water partition coefficient (Wildman–Crippen LogP) is 3.55. The number of aromatic nitrogens is 1. The second-order valence-corrected chi connectivity index (χ2v) is 8.05. The van der Waals surface area contributed by atoms with Crippen molar-refractivity contribution in [3.05, 3.63) is 65.4 Å². The van der Waals surface area contributed by atoms with Crippen molar-refractivity contribution in [1.82, 2.24) is 10.3 Å². The van der Waals surface area contributed by atoms with E-state index >= 15 is 0 Å². The molecular formula is C23H29N3O2. The molecule has 148 valence electrons. The molecule has 0 aliphatic carbocycles. The zero-order chi connectivity index (χ0) is 20.0. The molecule has 1 amide bonds. The third-order valence-corrected chi connectivity index (χ3v) is 4.81. The monoisotopic (exact) mass is 379 g/mol. The molecule has 1 aromatic heterocycles. The van der Waals surface area contributed by atoms with Crippen LogP contribution in [0, 0.1) is 0 Å². The van der Waals surface area contributed by atoms with Crippen LogP contribution < -0.4 is 10.2 Å². The zero-order valence-electron chi connectivity index (χ0n) is 16.9. The number of anilines is 1. The van der Waals surface area contributed by atoms with Crippen LogP contribution in [0.3, 0.4) is 0 Å². The Bertz CT molecular complexity index is 799. The zero-order valence-corrected chi connectivity index (χ0v) is 16.9. The second kappa shape index (κ2) is 9.02. The smallest absolute Gasteiger partial charge is 0.244 e. The predicted molar refractivity (Wildman–Crippen MR) is 113 cm³/mol. The number of carbonyl (C=O) groups is 1. The van der Waals surface area contributed by atoms with E-state index in [1.807, 2.05) is 36.5 Å². The molecule has 2 aromatic rings. The summed E-state index contributed by atoms with van der Waals surface area (Å²) in [6.45, 7) is 10.2. The average Bonchev–Trinajstić information content (AvgIpc) is 2.71. The number of carbonyl (C=O) groups excluding carboxylic acids is 1. The van der Waals surface area contributed by atoms with Gasteiger partial charge in [-0.1, -0.05) is 51.1 Å². The number of hydrogen-bond donors (Lipinski definition) is 1. The van der Waals surface area contributed by atoms with Crippen molar-refractivity contribution in [2.45, 2.75) is 32.7 Å². The van der Waals surface area contributed by atoms with Crippen LogP contribution >= 0.6 is 0 Å². The van der Waals surface area contributed by atoms with Crippen LogP contribution in [-0.4, -0.2) is 37.2 Å². The average molecular weight is 380 g/mol. The Morgan fingerprint density at radius 2 is 1.86 bits per heavy atom. The van der Waals surface area contributed by atoms with Crippen molar-refractivity contribution in [3.8, 4) is 0 Å². The van der Waals surface area contributed by atoms with Crippen molar-refractivity contribution in [3.63, 3.8) is 0 Å². The lowest BCUT2D eigenvalue weighted by molar-refractivity contribution is -0.116. The lowest BCUT2D eigenvalue weighted by Gasteiger charge is -2.27. The first-order valence-electron chi connectivity index (χ1n) is 9.76. The molecule has 1 aromatic carbocycles. The molecule has 0 spiro atoms. The highest BCUT2D eigenvalue weighted by atomic mass is 16.5. The minimum atomic E-state index is -0.114. The van der Waals surface area contributed by atoms with Gasteiger partial charge in [0, 0.05) is 31.9 Å². The molecule has 5 nitrogen and oxygen atoms in total. The molecule has 5 heteroatoms. The van der Waals surface area contributed by atoms with Crippen LogP contribution in [0.1, 0.15) is 37.5 Å². The lowest BCUT2D eigenvalue weighted by Crippen LogP contribution is -2.36. The Kier molecular flexibility index (Phi) is 6.47. The van der Waals surface area contributed by atoms with Gasteiger partial charge in [-0.3, -0.25) is 4.79 Å².